The molecule has 0 saturated heterocycles. The Kier molecular flexibility index (Phi) is 4.55. The van der Waals surface area contributed by atoms with E-state index in [0.717, 1.165) is 11.8 Å². The van der Waals surface area contributed by atoms with Crippen molar-refractivity contribution in [2.24, 2.45) is 11.8 Å². The van der Waals surface area contributed by atoms with Crippen molar-refractivity contribution in [3.63, 3.8) is 0 Å². The highest BCUT2D eigenvalue weighted by Gasteiger charge is 2.14. The third-order valence-corrected chi connectivity index (χ3v) is 3.57. The molecular formula is C13H24. The molecule has 1 unspecified atom stereocenters. The molecule has 0 aromatic carbocycles. The zero-order valence-corrected chi connectivity index (χ0v) is 9.31. The molecule has 0 radical (unpaired) electrons. The van der Waals surface area contributed by atoms with Crippen LogP contribution in [0.25, 0.3) is 0 Å². The number of rotatable bonds is 4. The lowest BCUT2D eigenvalue weighted by atomic mass is 9.83. The summed E-state index contributed by atoms with van der Waals surface area (Å²) in [5, 5.41) is 0. The maximum Gasteiger partial charge on any atom is -0.0237 e. The summed E-state index contributed by atoms with van der Waals surface area (Å²) in [6.07, 6.45) is 10.2. The average molecular weight is 180 g/mol. The van der Waals surface area contributed by atoms with E-state index in [1.807, 2.05) is 0 Å². The van der Waals surface area contributed by atoms with Gasteiger partial charge in [0.1, 0.15) is 0 Å². The van der Waals surface area contributed by atoms with E-state index in [1.165, 1.54) is 50.5 Å². The molecule has 0 N–H and O–H groups in total. The van der Waals surface area contributed by atoms with Crippen molar-refractivity contribution >= 4 is 0 Å². The van der Waals surface area contributed by atoms with Crippen LogP contribution in [0.15, 0.2) is 12.2 Å². The Bertz CT molecular complexity index is 151. The number of hydrogen-bond donors (Lipinski definition) is 0. The SMILES string of the molecule is C=C(C)C(C)CCC1CCCCC1. The van der Waals surface area contributed by atoms with E-state index < -0.39 is 0 Å². The van der Waals surface area contributed by atoms with Crippen LogP contribution < -0.4 is 0 Å². The molecule has 0 amide bonds. The molecule has 0 heterocycles. The minimum Gasteiger partial charge on any atom is -0.0999 e. The summed E-state index contributed by atoms with van der Waals surface area (Å²) in [7, 11) is 0. The third kappa shape index (κ3) is 3.97. The fourth-order valence-corrected chi connectivity index (χ4v) is 2.21. The summed E-state index contributed by atoms with van der Waals surface area (Å²) in [6.45, 7) is 8.49. The molecule has 1 atom stereocenters. The highest BCUT2D eigenvalue weighted by Crippen LogP contribution is 2.29. The van der Waals surface area contributed by atoms with Crippen molar-refractivity contribution in [1.29, 1.82) is 0 Å². The van der Waals surface area contributed by atoms with Crippen LogP contribution in [0, 0.1) is 11.8 Å². The Morgan fingerprint density at radius 1 is 1.31 bits per heavy atom. The smallest absolute Gasteiger partial charge is 0.0237 e. The summed E-state index contributed by atoms with van der Waals surface area (Å²) in [5.41, 5.74) is 1.36. The summed E-state index contributed by atoms with van der Waals surface area (Å²) in [4.78, 5) is 0. The van der Waals surface area contributed by atoms with Gasteiger partial charge in [-0.05, 0) is 31.6 Å². The number of allylic oxidation sites excluding steroid dienone is 1. The Balaban J connectivity index is 2.13. The van der Waals surface area contributed by atoms with Crippen LogP contribution in [0.3, 0.4) is 0 Å². The molecule has 1 saturated carbocycles. The van der Waals surface area contributed by atoms with Gasteiger partial charge in [-0.25, -0.2) is 0 Å². The van der Waals surface area contributed by atoms with Gasteiger partial charge in [0.25, 0.3) is 0 Å². The maximum atomic E-state index is 4.02. The lowest BCUT2D eigenvalue weighted by Crippen LogP contribution is -2.08. The van der Waals surface area contributed by atoms with Gasteiger partial charge < -0.3 is 0 Å². The van der Waals surface area contributed by atoms with Crippen LogP contribution in [0.2, 0.25) is 0 Å². The van der Waals surface area contributed by atoms with E-state index in [-0.39, 0.29) is 0 Å². The molecule has 0 aromatic rings. The van der Waals surface area contributed by atoms with Crippen molar-refractivity contribution < 1.29 is 0 Å². The lowest BCUT2D eigenvalue weighted by Gasteiger charge is -2.23. The normalized spacial score (nSPS) is 21.4. The lowest BCUT2D eigenvalue weighted by molar-refractivity contribution is 0.320. The van der Waals surface area contributed by atoms with Crippen molar-refractivity contribution in [3.8, 4) is 0 Å². The van der Waals surface area contributed by atoms with Crippen LogP contribution in [-0.2, 0) is 0 Å². The van der Waals surface area contributed by atoms with Gasteiger partial charge in [0.05, 0.1) is 0 Å². The predicted octanol–water partition coefficient (Wildman–Crippen LogP) is 4.56. The van der Waals surface area contributed by atoms with E-state index in [9.17, 15) is 0 Å². The molecule has 1 fully saturated rings. The molecule has 0 aromatic heterocycles. The van der Waals surface area contributed by atoms with Crippen molar-refractivity contribution in [2.45, 2.75) is 58.8 Å². The van der Waals surface area contributed by atoms with Gasteiger partial charge in [-0.1, -0.05) is 51.2 Å². The van der Waals surface area contributed by atoms with Crippen LogP contribution >= 0.6 is 0 Å². The van der Waals surface area contributed by atoms with Crippen molar-refractivity contribution in [2.75, 3.05) is 0 Å². The Labute approximate surface area is 83.4 Å². The zero-order chi connectivity index (χ0) is 9.68. The van der Waals surface area contributed by atoms with Crippen molar-refractivity contribution in [3.05, 3.63) is 12.2 Å². The highest BCUT2D eigenvalue weighted by atomic mass is 14.2. The third-order valence-electron chi connectivity index (χ3n) is 3.57. The van der Waals surface area contributed by atoms with E-state index in [2.05, 4.69) is 20.4 Å². The molecule has 0 heteroatoms. The Hall–Kier alpha value is -0.260. The molecule has 13 heavy (non-hydrogen) atoms. The Morgan fingerprint density at radius 3 is 2.46 bits per heavy atom. The van der Waals surface area contributed by atoms with Gasteiger partial charge in [0.15, 0.2) is 0 Å². The molecule has 1 rings (SSSR count). The second-order valence-electron chi connectivity index (χ2n) is 4.83. The van der Waals surface area contributed by atoms with Gasteiger partial charge in [0, 0.05) is 0 Å². The first-order valence-corrected chi connectivity index (χ1v) is 5.85. The molecule has 1 aliphatic carbocycles. The molecule has 0 spiro atoms. The average Bonchev–Trinajstić information content (AvgIpc) is 2.15. The molecule has 0 nitrogen and oxygen atoms in total. The number of hydrogen-bond acceptors (Lipinski definition) is 0. The molecule has 76 valence electrons. The molecular weight excluding hydrogens is 156 g/mol. The largest absolute Gasteiger partial charge is 0.0999 e. The minimum absolute atomic E-state index is 0.738. The van der Waals surface area contributed by atoms with Crippen LogP contribution in [0.5, 0.6) is 0 Å². The first-order valence-electron chi connectivity index (χ1n) is 5.85. The highest BCUT2D eigenvalue weighted by molar-refractivity contribution is 4.93. The van der Waals surface area contributed by atoms with E-state index >= 15 is 0 Å². The quantitative estimate of drug-likeness (QED) is 0.556. The fourth-order valence-electron chi connectivity index (χ4n) is 2.21. The zero-order valence-electron chi connectivity index (χ0n) is 9.31. The second kappa shape index (κ2) is 5.47. The fraction of sp³-hybridized carbons (Fsp3) is 0.846. The Morgan fingerprint density at radius 2 is 1.92 bits per heavy atom. The van der Waals surface area contributed by atoms with E-state index in [0.29, 0.717) is 0 Å². The van der Waals surface area contributed by atoms with Crippen LogP contribution in [-0.4, -0.2) is 0 Å². The standard InChI is InChI=1S/C13H24/c1-11(2)12(3)9-10-13-7-5-4-6-8-13/h12-13H,1,4-10H2,2-3H3. The van der Waals surface area contributed by atoms with Gasteiger partial charge in [-0.3, -0.25) is 0 Å². The van der Waals surface area contributed by atoms with Crippen LogP contribution in [0.1, 0.15) is 58.8 Å². The molecule has 0 aliphatic heterocycles. The summed E-state index contributed by atoms with van der Waals surface area (Å²) in [6, 6.07) is 0. The van der Waals surface area contributed by atoms with Crippen LogP contribution in [0.4, 0.5) is 0 Å². The molecule has 0 bridgehead atoms. The first kappa shape index (κ1) is 10.8. The van der Waals surface area contributed by atoms with Crippen molar-refractivity contribution in [1.82, 2.24) is 0 Å². The van der Waals surface area contributed by atoms with E-state index in [4.69, 9.17) is 0 Å². The minimum atomic E-state index is 0.738. The summed E-state index contributed by atoms with van der Waals surface area (Å²) < 4.78 is 0. The maximum absolute atomic E-state index is 4.02. The first-order chi connectivity index (χ1) is 6.20. The monoisotopic (exact) mass is 180 g/mol. The predicted molar refractivity (Wildman–Crippen MR) is 59.8 cm³/mol. The summed E-state index contributed by atoms with van der Waals surface area (Å²) in [5.74, 6) is 1.78. The van der Waals surface area contributed by atoms with Gasteiger partial charge >= 0.3 is 0 Å². The summed E-state index contributed by atoms with van der Waals surface area (Å²) >= 11 is 0. The molecule has 1 aliphatic rings. The van der Waals surface area contributed by atoms with Gasteiger partial charge in [-0.2, -0.15) is 0 Å². The van der Waals surface area contributed by atoms with Gasteiger partial charge in [0.2, 0.25) is 0 Å². The van der Waals surface area contributed by atoms with Gasteiger partial charge in [-0.15, -0.1) is 0 Å². The second-order valence-corrected chi connectivity index (χ2v) is 4.83. The topological polar surface area (TPSA) is 0 Å². The van der Waals surface area contributed by atoms with E-state index in [1.54, 1.807) is 0 Å².